The Morgan fingerprint density at radius 2 is 1.73 bits per heavy atom. The zero-order valence-electron chi connectivity index (χ0n) is 19.0. The van der Waals surface area contributed by atoms with Gasteiger partial charge in [0.2, 0.25) is 11.8 Å². The minimum absolute atomic E-state index is 0.0324. The van der Waals surface area contributed by atoms with Gasteiger partial charge in [0.1, 0.15) is 5.82 Å². The van der Waals surface area contributed by atoms with Gasteiger partial charge < -0.3 is 9.80 Å². The lowest BCUT2D eigenvalue weighted by atomic mass is 9.72. The SMILES string of the molecule is O=C1NNC(Cc2ccc(F)c(C(=O)N3CCCN(C(=O)C4CC4)CC3)c2)C2CCCCC12. The Labute approximate surface area is 194 Å². The molecule has 178 valence electrons. The van der Waals surface area contributed by atoms with Gasteiger partial charge in [-0.1, -0.05) is 18.9 Å². The molecule has 33 heavy (non-hydrogen) atoms. The maximum Gasteiger partial charge on any atom is 0.256 e. The molecule has 2 aliphatic carbocycles. The fourth-order valence-corrected chi connectivity index (χ4v) is 5.75. The third kappa shape index (κ3) is 4.76. The molecule has 2 heterocycles. The van der Waals surface area contributed by atoms with E-state index in [0.717, 1.165) is 44.1 Å². The molecule has 0 spiro atoms. The molecule has 3 atom stereocenters. The average molecular weight is 457 g/mol. The summed E-state index contributed by atoms with van der Waals surface area (Å²) < 4.78 is 14.7. The molecule has 3 amide bonds. The highest BCUT2D eigenvalue weighted by Gasteiger charge is 2.40. The van der Waals surface area contributed by atoms with Crippen molar-refractivity contribution in [2.75, 3.05) is 26.2 Å². The van der Waals surface area contributed by atoms with E-state index in [-0.39, 0.29) is 47.1 Å². The Kier molecular flexibility index (Phi) is 6.36. The van der Waals surface area contributed by atoms with Crippen LogP contribution in [0.25, 0.3) is 0 Å². The van der Waals surface area contributed by atoms with Crippen molar-refractivity contribution in [3.63, 3.8) is 0 Å². The number of carbonyl (C=O) groups is 3. The van der Waals surface area contributed by atoms with E-state index < -0.39 is 5.82 Å². The van der Waals surface area contributed by atoms with Crippen molar-refractivity contribution >= 4 is 17.7 Å². The van der Waals surface area contributed by atoms with E-state index in [1.54, 1.807) is 17.0 Å². The van der Waals surface area contributed by atoms with Crippen LogP contribution in [0.2, 0.25) is 0 Å². The maximum absolute atomic E-state index is 14.7. The highest BCUT2D eigenvalue weighted by molar-refractivity contribution is 5.94. The second-order valence-electron chi connectivity index (χ2n) is 10.1. The Bertz CT molecular complexity index is 934. The normalized spacial score (nSPS) is 28.0. The van der Waals surface area contributed by atoms with Crippen molar-refractivity contribution in [1.82, 2.24) is 20.7 Å². The topological polar surface area (TPSA) is 81.8 Å². The van der Waals surface area contributed by atoms with Gasteiger partial charge in [0, 0.05) is 44.1 Å². The number of halogens is 1. The van der Waals surface area contributed by atoms with Crippen molar-refractivity contribution in [3.8, 4) is 0 Å². The maximum atomic E-state index is 14.7. The van der Waals surface area contributed by atoms with Crippen LogP contribution in [0.3, 0.4) is 0 Å². The minimum atomic E-state index is -0.514. The summed E-state index contributed by atoms with van der Waals surface area (Å²) in [5.74, 6) is -0.0905. The second kappa shape index (κ2) is 9.41. The van der Waals surface area contributed by atoms with Crippen LogP contribution in [0.1, 0.15) is 60.9 Å². The highest BCUT2D eigenvalue weighted by atomic mass is 19.1. The monoisotopic (exact) mass is 456 g/mol. The summed E-state index contributed by atoms with van der Waals surface area (Å²) in [6.45, 7) is 2.12. The summed E-state index contributed by atoms with van der Waals surface area (Å²) in [6.07, 6.45) is 7.40. The lowest BCUT2D eigenvalue weighted by Gasteiger charge is -2.41. The van der Waals surface area contributed by atoms with Crippen molar-refractivity contribution in [3.05, 3.63) is 35.1 Å². The molecular formula is C25H33FN4O3. The third-order valence-electron chi connectivity index (χ3n) is 7.79. The van der Waals surface area contributed by atoms with Crippen LogP contribution >= 0.6 is 0 Å². The summed E-state index contributed by atoms with van der Waals surface area (Å²) in [5, 5.41) is 0. The first kappa shape index (κ1) is 22.3. The van der Waals surface area contributed by atoms with Gasteiger partial charge in [0.25, 0.3) is 5.91 Å². The van der Waals surface area contributed by atoms with Gasteiger partial charge in [-0.3, -0.25) is 19.8 Å². The van der Waals surface area contributed by atoms with Gasteiger partial charge >= 0.3 is 0 Å². The number of fused-ring (bicyclic) bond motifs is 1. The molecular weight excluding hydrogens is 423 g/mol. The van der Waals surface area contributed by atoms with E-state index in [0.29, 0.717) is 39.0 Å². The van der Waals surface area contributed by atoms with Crippen molar-refractivity contribution in [2.24, 2.45) is 17.8 Å². The quantitative estimate of drug-likeness (QED) is 0.728. The summed E-state index contributed by atoms with van der Waals surface area (Å²) in [6, 6.07) is 4.86. The number of hydrogen-bond acceptors (Lipinski definition) is 4. The van der Waals surface area contributed by atoms with Crippen LogP contribution in [0.15, 0.2) is 18.2 Å². The summed E-state index contributed by atoms with van der Waals surface area (Å²) >= 11 is 0. The molecule has 2 N–H and O–H groups in total. The molecule has 5 rings (SSSR count). The molecule has 1 aromatic rings. The van der Waals surface area contributed by atoms with Crippen molar-refractivity contribution < 1.29 is 18.8 Å². The van der Waals surface area contributed by atoms with Crippen molar-refractivity contribution in [2.45, 2.75) is 57.4 Å². The van der Waals surface area contributed by atoms with E-state index in [1.807, 2.05) is 4.90 Å². The number of carbonyl (C=O) groups excluding carboxylic acids is 3. The first-order chi connectivity index (χ1) is 16.0. The Balaban J connectivity index is 1.27. The van der Waals surface area contributed by atoms with Crippen LogP contribution in [0.5, 0.6) is 0 Å². The smallest absolute Gasteiger partial charge is 0.256 e. The van der Waals surface area contributed by atoms with Gasteiger partial charge in [-0.15, -0.1) is 0 Å². The predicted octanol–water partition coefficient (Wildman–Crippen LogP) is 2.26. The number of hydrogen-bond donors (Lipinski definition) is 2. The number of rotatable bonds is 4. The largest absolute Gasteiger partial charge is 0.341 e. The Hall–Kier alpha value is -2.48. The molecule has 2 saturated carbocycles. The molecule has 7 nitrogen and oxygen atoms in total. The third-order valence-corrected chi connectivity index (χ3v) is 7.79. The predicted molar refractivity (Wildman–Crippen MR) is 120 cm³/mol. The lowest BCUT2D eigenvalue weighted by molar-refractivity contribution is -0.133. The van der Waals surface area contributed by atoms with Crippen LogP contribution in [0, 0.1) is 23.6 Å². The summed E-state index contributed by atoms with van der Waals surface area (Å²) in [7, 11) is 0. The number of nitrogens with zero attached hydrogens (tertiary/aromatic N) is 2. The average Bonchev–Trinajstić information content (AvgIpc) is 3.69. The number of benzene rings is 1. The molecule has 2 saturated heterocycles. The minimum Gasteiger partial charge on any atom is -0.341 e. The van der Waals surface area contributed by atoms with Crippen LogP contribution in [0.4, 0.5) is 4.39 Å². The molecule has 1 aromatic carbocycles. The molecule has 3 unspecified atom stereocenters. The zero-order valence-corrected chi connectivity index (χ0v) is 19.0. The number of amides is 3. The van der Waals surface area contributed by atoms with Crippen LogP contribution in [-0.2, 0) is 16.0 Å². The summed E-state index contributed by atoms with van der Waals surface area (Å²) in [5.41, 5.74) is 6.95. The van der Waals surface area contributed by atoms with E-state index in [1.165, 1.54) is 6.07 Å². The van der Waals surface area contributed by atoms with E-state index in [4.69, 9.17) is 0 Å². The van der Waals surface area contributed by atoms with E-state index >= 15 is 0 Å². The number of nitrogens with one attached hydrogen (secondary N) is 2. The molecule has 0 bridgehead atoms. The molecule has 4 aliphatic rings. The Morgan fingerprint density at radius 3 is 2.55 bits per heavy atom. The van der Waals surface area contributed by atoms with Gasteiger partial charge in [-0.05, 0) is 62.1 Å². The van der Waals surface area contributed by atoms with Gasteiger partial charge in [0.05, 0.1) is 5.56 Å². The van der Waals surface area contributed by atoms with Gasteiger partial charge in [0.15, 0.2) is 0 Å². The van der Waals surface area contributed by atoms with Crippen LogP contribution in [-0.4, -0.2) is 59.7 Å². The lowest BCUT2D eigenvalue weighted by Crippen LogP contribution is -2.60. The molecule has 4 fully saturated rings. The zero-order chi connectivity index (χ0) is 22.9. The van der Waals surface area contributed by atoms with E-state index in [9.17, 15) is 18.8 Å². The second-order valence-corrected chi connectivity index (χ2v) is 10.1. The van der Waals surface area contributed by atoms with Crippen molar-refractivity contribution in [1.29, 1.82) is 0 Å². The first-order valence-electron chi connectivity index (χ1n) is 12.4. The number of hydrazine groups is 1. The standard InChI is InChI=1S/C25H33FN4O3/c26-21-9-6-16(15-22-18-4-1-2-5-19(18)23(31)28-27-22)14-20(21)25(33)30-11-3-10-29(12-13-30)24(32)17-7-8-17/h6,9,14,17-19,22,27H,1-5,7-8,10-13,15H2,(H,28,31). The molecule has 2 aliphatic heterocycles. The molecule has 0 aromatic heterocycles. The van der Waals surface area contributed by atoms with Gasteiger partial charge in [-0.2, -0.15) is 0 Å². The fraction of sp³-hybridized carbons (Fsp3) is 0.640. The highest BCUT2D eigenvalue weighted by Crippen LogP contribution is 2.35. The fourth-order valence-electron chi connectivity index (χ4n) is 5.75. The first-order valence-corrected chi connectivity index (χ1v) is 12.4. The van der Waals surface area contributed by atoms with Crippen LogP contribution < -0.4 is 10.9 Å². The Morgan fingerprint density at radius 1 is 0.970 bits per heavy atom. The molecule has 8 heteroatoms. The van der Waals surface area contributed by atoms with E-state index in [2.05, 4.69) is 10.9 Å². The van der Waals surface area contributed by atoms with Gasteiger partial charge in [-0.25, -0.2) is 9.82 Å². The molecule has 0 radical (unpaired) electrons. The summed E-state index contributed by atoms with van der Waals surface area (Å²) in [4.78, 5) is 41.4.